The molecule has 0 atom stereocenters. The highest BCUT2D eigenvalue weighted by Crippen LogP contribution is 2.37. The first-order valence-electron chi connectivity index (χ1n) is 12.1. The summed E-state index contributed by atoms with van der Waals surface area (Å²) >= 11 is 0. The normalized spacial score (nSPS) is 19.7. The van der Waals surface area contributed by atoms with Gasteiger partial charge < -0.3 is 4.74 Å². The van der Waals surface area contributed by atoms with E-state index in [1.807, 2.05) is 0 Å². The Morgan fingerprint density at radius 1 is 1.05 bits per heavy atom. The van der Waals surface area contributed by atoms with Gasteiger partial charge in [-0.3, -0.25) is 19.3 Å². The third-order valence-corrected chi connectivity index (χ3v) is 8.91. The number of benzene rings is 2. The largest absolute Gasteiger partial charge is 0.476 e. The first-order chi connectivity index (χ1) is 18.3. The zero-order valence-corrected chi connectivity index (χ0v) is 20.9. The molecular weight excluding hydrogens is 515 g/mol. The van der Waals surface area contributed by atoms with Crippen molar-refractivity contribution in [3.05, 3.63) is 76.9 Å². The summed E-state index contributed by atoms with van der Waals surface area (Å²) < 4.78 is 52.1. The highest BCUT2D eigenvalue weighted by atomic mass is 32.2. The summed E-state index contributed by atoms with van der Waals surface area (Å²) in [6, 6.07) is 10.5. The van der Waals surface area contributed by atoms with Crippen molar-refractivity contribution < 1.29 is 22.5 Å². The van der Waals surface area contributed by atoms with E-state index in [2.05, 4.69) is 15.0 Å². The van der Waals surface area contributed by atoms with Gasteiger partial charge in [-0.1, -0.05) is 12.1 Å². The molecule has 0 spiro atoms. The van der Waals surface area contributed by atoms with Gasteiger partial charge >= 0.3 is 0 Å². The van der Waals surface area contributed by atoms with Crippen molar-refractivity contribution in [2.45, 2.75) is 23.8 Å². The smallest absolute Gasteiger partial charge is 0.289 e. The minimum atomic E-state index is -4.40. The van der Waals surface area contributed by atoms with Crippen LogP contribution in [0.4, 0.5) is 15.8 Å². The fraction of sp³-hybridized carbons (Fsp3) is 0.280. The molecule has 0 radical (unpaired) electrons. The average molecular weight is 539 g/mol. The highest BCUT2D eigenvalue weighted by molar-refractivity contribution is 7.93. The molecule has 4 aromatic rings. The van der Waals surface area contributed by atoms with Crippen molar-refractivity contribution >= 4 is 27.0 Å². The quantitative estimate of drug-likeness (QED) is 0.287. The van der Waals surface area contributed by atoms with Crippen LogP contribution in [0.2, 0.25) is 0 Å². The lowest BCUT2D eigenvalue weighted by atomic mass is 10.0. The Kier molecular flexibility index (Phi) is 5.95. The molecule has 7 rings (SSSR count). The number of nitrogens with zero attached hydrogens (tertiary/aromatic N) is 6. The van der Waals surface area contributed by atoms with Gasteiger partial charge in [0.05, 0.1) is 16.8 Å². The lowest BCUT2D eigenvalue weighted by Gasteiger charge is -2.39. The van der Waals surface area contributed by atoms with Gasteiger partial charge in [0, 0.05) is 55.1 Å². The predicted molar refractivity (Wildman–Crippen MR) is 136 cm³/mol. The van der Waals surface area contributed by atoms with E-state index in [1.165, 1.54) is 57.5 Å². The molecule has 0 unspecified atom stereocenters. The molecule has 2 aromatic heterocycles. The van der Waals surface area contributed by atoms with Crippen LogP contribution in [0.5, 0.6) is 5.88 Å². The molecule has 5 heterocycles. The van der Waals surface area contributed by atoms with Crippen LogP contribution >= 0.6 is 0 Å². The number of piperidine rings is 1. The number of anilines is 1. The third kappa shape index (κ3) is 4.13. The number of nitro benzene ring substituents is 1. The Bertz CT molecular complexity index is 1650. The zero-order chi connectivity index (χ0) is 26.4. The first-order valence-corrected chi connectivity index (χ1v) is 13.5. The monoisotopic (exact) mass is 538 g/mol. The summed E-state index contributed by atoms with van der Waals surface area (Å²) in [5.41, 5.74) is 0.516. The van der Waals surface area contributed by atoms with Gasteiger partial charge in [-0.05, 0) is 37.1 Å². The number of aromatic nitrogens is 3. The summed E-state index contributed by atoms with van der Waals surface area (Å²) in [5.74, 6) is -0.208. The van der Waals surface area contributed by atoms with Gasteiger partial charge in [0.2, 0.25) is 5.88 Å². The molecule has 1 saturated heterocycles. The van der Waals surface area contributed by atoms with Crippen LogP contribution in [0.15, 0.2) is 65.8 Å². The number of halogens is 1. The second-order valence-electron chi connectivity index (χ2n) is 9.20. The van der Waals surface area contributed by atoms with E-state index in [4.69, 9.17) is 4.74 Å². The Hall–Kier alpha value is -4.10. The fourth-order valence-corrected chi connectivity index (χ4v) is 6.98. The van der Waals surface area contributed by atoms with Crippen LogP contribution < -0.4 is 9.04 Å². The summed E-state index contributed by atoms with van der Waals surface area (Å²) in [6.07, 6.45) is 4.09. The van der Waals surface area contributed by atoms with Crippen molar-refractivity contribution in [1.29, 1.82) is 0 Å². The predicted octanol–water partition coefficient (Wildman–Crippen LogP) is 3.50. The van der Waals surface area contributed by atoms with E-state index in [9.17, 15) is 18.5 Å². The number of rotatable bonds is 3. The standard InChI is InChI=1S/C25H23FN6O5S/c26-21-6-5-18-15-19(21)20-16-27-30-12-9-24(28-25(20)30)37-14-13-29-10-7-17(8-11-29)31(18)38(35,36)23-4-2-1-3-22(23)32(33)34/h1-6,9,12,15-17H,7-8,10-11,13-14H2. The van der Waals surface area contributed by atoms with Gasteiger partial charge in [0.15, 0.2) is 10.5 Å². The number of hydrogen-bond acceptors (Lipinski definition) is 8. The number of para-hydroxylation sites is 1. The van der Waals surface area contributed by atoms with Crippen LogP contribution in [0, 0.1) is 15.9 Å². The topological polar surface area (TPSA) is 123 Å². The number of ether oxygens (including phenoxy) is 1. The Labute approximate surface area is 217 Å². The minimum absolute atomic E-state index is 0.109. The Morgan fingerprint density at radius 2 is 1.84 bits per heavy atom. The molecule has 1 fully saturated rings. The van der Waals surface area contributed by atoms with Gasteiger partial charge in [-0.15, -0.1) is 0 Å². The molecule has 0 amide bonds. The van der Waals surface area contributed by atoms with Gasteiger partial charge in [0.25, 0.3) is 15.7 Å². The van der Waals surface area contributed by atoms with Gasteiger partial charge in [-0.25, -0.2) is 17.3 Å². The molecule has 0 saturated carbocycles. The maximum Gasteiger partial charge on any atom is 0.289 e. The van der Waals surface area contributed by atoms with Gasteiger partial charge in [-0.2, -0.15) is 10.1 Å². The van der Waals surface area contributed by atoms with E-state index in [1.54, 1.807) is 12.3 Å². The zero-order valence-electron chi connectivity index (χ0n) is 20.1. The molecule has 196 valence electrons. The summed E-state index contributed by atoms with van der Waals surface area (Å²) in [4.78, 5) is 17.3. The lowest BCUT2D eigenvalue weighted by molar-refractivity contribution is -0.387. The highest BCUT2D eigenvalue weighted by Gasteiger charge is 2.38. The lowest BCUT2D eigenvalue weighted by Crippen LogP contribution is -2.48. The second-order valence-corrected chi connectivity index (χ2v) is 11.0. The van der Waals surface area contributed by atoms with Gasteiger partial charge in [0.1, 0.15) is 12.4 Å². The van der Waals surface area contributed by atoms with Crippen molar-refractivity contribution in [3.8, 4) is 17.0 Å². The van der Waals surface area contributed by atoms with E-state index in [0.717, 1.165) is 0 Å². The second kappa shape index (κ2) is 9.33. The van der Waals surface area contributed by atoms with Crippen LogP contribution in [0.3, 0.4) is 0 Å². The molecule has 13 heteroatoms. The number of hydrogen-bond donors (Lipinski definition) is 0. The van der Waals surface area contributed by atoms with Crippen molar-refractivity contribution in [2.75, 3.05) is 30.5 Å². The molecule has 0 aliphatic carbocycles. The SMILES string of the molecule is O=[N+]([O-])c1ccccc1S(=O)(=O)N1c2ccc(F)c(c2)-c2cnn3ccc(nc23)OCCN2CCC1CC2. The molecule has 11 nitrogen and oxygen atoms in total. The van der Waals surface area contributed by atoms with E-state index in [0.29, 0.717) is 56.2 Å². The summed E-state index contributed by atoms with van der Waals surface area (Å²) in [7, 11) is -4.40. The van der Waals surface area contributed by atoms with E-state index in [-0.39, 0.29) is 11.3 Å². The first kappa shape index (κ1) is 24.2. The van der Waals surface area contributed by atoms with Crippen LogP contribution in [-0.2, 0) is 10.0 Å². The molecule has 6 bridgehead atoms. The van der Waals surface area contributed by atoms with Crippen molar-refractivity contribution in [1.82, 2.24) is 19.5 Å². The number of fused-ring (bicyclic) bond motifs is 4. The van der Waals surface area contributed by atoms with Crippen LogP contribution in [0.25, 0.3) is 16.8 Å². The van der Waals surface area contributed by atoms with Crippen molar-refractivity contribution in [3.63, 3.8) is 0 Å². The Morgan fingerprint density at radius 3 is 2.63 bits per heavy atom. The average Bonchev–Trinajstić information content (AvgIpc) is 3.33. The Balaban J connectivity index is 1.57. The summed E-state index contributed by atoms with van der Waals surface area (Å²) in [5, 5.41) is 16.0. The minimum Gasteiger partial charge on any atom is -0.476 e. The fourth-order valence-electron chi connectivity index (χ4n) is 5.11. The molecule has 3 aliphatic rings. The number of nitro groups is 1. The third-order valence-electron chi connectivity index (χ3n) is 6.98. The van der Waals surface area contributed by atoms with E-state index >= 15 is 4.39 Å². The molecule has 3 aliphatic heterocycles. The molecular formula is C25H23FN6O5S. The number of sulfonamides is 1. The van der Waals surface area contributed by atoms with Crippen LogP contribution in [0.1, 0.15) is 12.8 Å². The maximum absolute atomic E-state index is 15.3. The summed E-state index contributed by atoms with van der Waals surface area (Å²) in [6.45, 7) is 2.19. The molecule has 0 N–H and O–H groups in total. The maximum atomic E-state index is 15.3. The molecule has 2 aromatic carbocycles. The van der Waals surface area contributed by atoms with Crippen LogP contribution in [-0.4, -0.2) is 65.1 Å². The molecule has 38 heavy (non-hydrogen) atoms. The van der Waals surface area contributed by atoms with Crippen molar-refractivity contribution in [2.24, 2.45) is 0 Å². The van der Waals surface area contributed by atoms with E-state index < -0.39 is 37.4 Å².